The molecule has 8 heteroatoms. The predicted molar refractivity (Wildman–Crippen MR) is 98.0 cm³/mol. The van der Waals surface area contributed by atoms with Gasteiger partial charge in [0.05, 0.1) is 25.6 Å². The fourth-order valence-electron chi connectivity index (χ4n) is 2.41. The number of carbonyl (C=O) groups excluding carboxylic acids is 1. The van der Waals surface area contributed by atoms with Gasteiger partial charge >= 0.3 is 0 Å². The van der Waals surface area contributed by atoms with E-state index in [1.807, 2.05) is 31.2 Å². The number of methoxy groups -OCH3 is 2. The van der Waals surface area contributed by atoms with E-state index in [0.29, 0.717) is 17.2 Å². The number of carbonyl (C=O) groups is 1. The average Bonchev–Trinajstić information content (AvgIpc) is 3.04. The molecule has 2 aromatic carbocycles. The van der Waals surface area contributed by atoms with Gasteiger partial charge in [0, 0.05) is 6.07 Å². The van der Waals surface area contributed by atoms with Crippen LogP contribution in [-0.4, -0.2) is 35.1 Å². The Morgan fingerprint density at radius 3 is 2.50 bits per heavy atom. The summed E-state index contributed by atoms with van der Waals surface area (Å²) in [5.41, 5.74) is 8.41. The Morgan fingerprint density at radius 1 is 1.12 bits per heavy atom. The van der Waals surface area contributed by atoms with E-state index in [1.54, 1.807) is 25.3 Å². The number of benzene rings is 2. The zero-order valence-electron chi connectivity index (χ0n) is 14.7. The van der Waals surface area contributed by atoms with Gasteiger partial charge in [0.15, 0.2) is 11.5 Å². The Balaban J connectivity index is 1.86. The molecule has 0 saturated heterocycles. The third kappa shape index (κ3) is 3.30. The van der Waals surface area contributed by atoms with E-state index >= 15 is 0 Å². The molecule has 0 atom stereocenters. The highest BCUT2D eigenvalue weighted by Crippen LogP contribution is 2.29. The number of rotatable bonds is 5. The van der Waals surface area contributed by atoms with Gasteiger partial charge in [0.25, 0.3) is 5.91 Å². The van der Waals surface area contributed by atoms with Crippen LogP contribution in [0, 0.1) is 6.92 Å². The minimum absolute atomic E-state index is 0.0310. The van der Waals surface area contributed by atoms with E-state index in [2.05, 4.69) is 15.6 Å². The zero-order valence-corrected chi connectivity index (χ0v) is 14.7. The van der Waals surface area contributed by atoms with Crippen LogP contribution in [0.1, 0.15) is 16.1 Å². The highest BCUT2D eigenvalue weighted by molar-refractivity contribution is 6.06. The number of ether oxygens (including phenoxy) is 2. The topological polar surface area (TPSA) is 104 Å². The third-order valence-electron chi connectivity index (χ3n) is 3.86. The van der Waals surface area contributed by atoms with Crippen LogP contribution in [0.25, 0.3) is 5.69 Å². The van der Waals surface area contributed by atoms with Crippen LogP contribution in [0.15, 0.2) is 42.5 Å². The van der Waals surface area contributed by atoms with E-state index < -0.39 is 5.91 Å². The van der Waals surface area contributed by atoms with Gasteiger partial charge in [0.1, 0.15) is 11.5 Å². The molecular formula is C18H19N5O3. The highest BCUT2D eigenvalue weighted by Gasteiger charge is 2.20. The van der Waals surface area contributed by atoms with Gasteiger partial charge in [-0.25, -0.2) is 0 Å². The lowest BCUT2D eigenvalue weighted by molar-refractivity contribution is 0.102. The second-order valence-corrected chi connectivity index (χ2v) is 5.59. The standard InChI is InChI=1S/C18H19N5O3/c1-11-4-6-12(7-5-11)23-17(19)16(21-22-23)18(24)20-14-9-8-13(25-2)10-15(14)26-3/h4-10H,19H2,1-3H3,(H,20,24). The highest BCUT2D eigenvalue weighted by atomic mass is 16.5. The summed E-state index contributed by atoms with van der Waals surface area (Å²) in [6.45, 7) is 1.98. The Morgan fingerprint density at radius 2 is 1.85 bits per heavy atom. The van der Waals surface area contributed by atoms with Crippen molar-refractivity contribution in [2.24, 2.45) is 0 Å². The lowest BCUT2D eigenvalue weighted by Gasteiger charge is -2.11. The molecule has 0 bridgehead atoms. The molecule has 0 spiro atoms. The first-order valence-electron chi connectivity index (χ1n) is 7.85. The SMILES string of the molecule is COc1ccc(NC(=O)c2nnn(-c3ccc(C)cc3)c2N)c(OC)c1. The van der Waals surface area contributed by atoms with Crippen LogP contribution >= 0.6 is 0 Å². The van der Waals surface area contributed by atoms with Crippen LogP contribution in [0.2, 0.25) is 0 Å². The number of hydrogen-bond donors (Lipinski definition) is 2. The lowest BCUT2D eigenvalue weighted by Crippen LogP contribution is -2.15. The second kappa shape index (κ2) is 7.14. The van der Waals surface area contributed by atoms with Gasteiger partial charge in [-0.2, -0.15) is 4.68 Å². The Labute approximate surface area is 150 Å². The van der Waals surface area contributed by atoms with Gasteiger partial charge in [-0.3, -0.25) is 4.79 Å². The van der Waals surface area contributed by atoms with Crippen molar-refractivity contribution in [1.82, 2.24) is 15.0 Å². The molecule has 3 rings (SSSR count). The van der Waals surface area contributed by atoms with E-state index in [1.165, 1.54) is 11.8 Å². The van der Waals surface area contributed by atoms with Gasteiger partial charge in [0.2, 0.25) is 0 Å². The molecule has 0 radical (unpaired) electrons. The van der Waals surface area contributed by atoms with Crippen molar-refractivity contribution < 1.29 is 14.3 Å². The molecule has 3 N–H and O–H groups in total. The maximum atomic E-state index is 12.6. The van der Waals surface area contributed by atoms with Gasteiger partial charge in [-0.1, -0.05) is 22.9 Å². The summed E-state index contributed by atoms with van der Waals surface area (Å²) in [5.74, 6) is 0.745. The predicted octanol–water partition coefficient (Wildman–Crippen LogP) is 2.43. The molecule has 1 amide bonds. The molecule has 3 aromatic rings. The van der Waals surface area contributed by atoms with Crippen molar-refractivity contribution in [3.8, 4) is 17.2 Å². The fraction of sp³-hybridized carbons (Fsp3) is 0.167. The lowest BCUT2D eigenvalue weighted by atomic mass is 10.2. The van der Waals surface area contributed by atoms with E-state index in [4.69, 9.17) is 15.2 Å². The summed E-state index contributed by atoms with van der Waals surface area (Å²) in [5, 5.41) is 10.6. The minimum Gasteiger partial charge on any atom is -0.497 e. The summed E-state index contributed by atoms with van der Waals surface area (Å²) in [4.78, 5) is 12.6. The molecule has 0 aliphatic carbocycles. The molecule has 1 aromatic heterocycles. The summed E-state index contributed by atoms with van der Waals surface area (Å²) >= 11 is 0. The number of nitrogens with one attached hydrogen (secondary N) is 1. The summed E-state index contributed by atoms with van der Waals surface area (Å²) in [7, 11) is 3.06. The Kier molecular flexibility index (Phi) is 4.74. The second-order valence-electron chi connectivity index (χ2n) is 5.59. The van der Waals surface area contributed by atoms with E-state index in [0.717, 1.165) is 11.3 Å². The molecular weight excluding hydrogens is 334 g/mol. The number of amides is 1. The minimum atomic E-state index is -0.482. The Hall–Kier alpha value is -3.55. The first-order chi connectivity index (χ1) is 12.5. The van der Waals surface area contributed by atoms with Crippen LogP contribution in [0.5, 0.6) is 11.5 Å². The first-order valence-corrected chi connectivity index (χ1v) is 7.85. The summed E-state index contributed by atoms with van der Waals surface area (Å²) in [6, 6.07) is 12.6. The molecule has 0 unspecified atom stereocenters. The first kappa shape index (κ1) is 17.3. The number of aromatic nitrogens is 3. The monoisotopic (exact) mass is 353 g/mol. The zero-order chi connectivity index (χ0) is 18.7. The number of nitrogens with two attached hydrogens (primary N) is 1. The van der Waals surface area contributed by atoms with Crippen molar-refractivity contribution in [1.29, 1.82) is 0 Å². The summed E-state index contributed by atoms with van der Waals surface area (Å²) in [6.07, 6.45) is 0. The van der Waals surface area contributed by atoms with Crippen LogP contribution in [0.4, 0.5) is 11.5 Å². The number of nitrogen functional groups attached to an aromatic ring is 1. The van der Waals surface area contributed by atoms with Crippen molar-refractivity contribution in [3.63, 3.8) is 0 Å². The van der Waals surface area contributed by atoms with Crippen LogP contribution in [-0.2, 0) is 0 Å². The molecule has 8 nitrogen and oxygen atoms in total. The fourth-order valence-corrected chi connectivity index (χ4v) is 2.41. The Bertz CT molecular complexity index is 934. The number of anilines is 2. The molecule has 1 heterocycles. The van der Waals surface area contributed by atoms with Gasteiger partial charge in [-0.05, 0) is 31.2 Å². The van der Waals surface area contributed by atoms with E-state index in [9.17, 15) is 4.79 Å². The van der Waals surface area contributed by atoms with E-state index in [-0.39, 0.29) is 11.5 Å². The summed E-state index contributed by atoms with van der Waals surface area (Å²) < 4.78 is 11.8. The largest absolute Gasteiger partial charge is 0.497 e. The normalized spacial score (nSPS) is 10.4. The van der Waals surface area contributed by atoms with Crippen molar-refractivity contribution in [2.45, 2.75) is 6.92 Å². The maximum Gasteiger partial charge on any atom is 0.280 e. The van der Waals surface area contributed by atoms with Gasteiger partial charge in [-0.15, -0.1) is 5.10 Å². The van der Waals surface area contributed by atoms with Crippen molar-refractivity contribution in [3.05, 3.63) is 53.7 Å². The molecule has 0 fully saturated rings. The average molecular weight is 353 g/mol. The molecule has 134 valence electrons. The number of aryl methyl sites for hydroxylation is 1. The third-order valence-corrected chi connectivity index (χ3v) is 3.86. The van der Waals surface area contributed by atoms with Gasteiger partial charge < -0.3 is 20.5 Å². The molecule has 0 saturated carbocycles. The smallest absolute Gasteiger partial charge is 0.280 e. The quantitative estimate of drug-likeness (QED) is 0.730. The molecule has 0 aliphatic heterocycles. The van der Waals surface area contributed by atoms with Crippen molar-refractivity contribution in [2.75, 3.05) is 25.3 Å². The van der Waals surface area contributed by atoms with Crippen LogP contribution < -0.4 is 20.5 Å². The van der Waals surface area contributed by atoms with Crippen molar-refractivity contribution >= 4 is 17.4 Å². The number of nitrogens with zero attached hydrogens (tertiary/aromatic N) is 3. The number of hydrogen-bond acceptors (Lipinski definition) is 6. The molecule has 26 heavy (non-hydrogen) atoms. The van der Waals surface area contributed by atoms with Crippen LogP contribution in [0.3, 0.4) is 0 Å². The molecule has 0 aliphatic rings. The maximum absolute atomic E-state index is 12.6.